The molecule has 0 radical (unpaired) electrons. The van der Waals surface area contributed by atoms with Crippen LogP contribution in [0.25, 0.3) is 0 Å². The Labute approximate surface area is 160 Å². The summed E-state index contributed by atoms with van der Waals surface area (Å²) in [5.74, 6) is 0.173. The van der Waals surface area contributed by atoms with E-state index in [1.165, 1.54) is 30.0 Å². The van der Waals surface area contributed by atoms with Gasteiger partial charge in [-0.15, -0.1) is 0 Å². The molecule has 27 heavy (non-hydrogen) atoms. The van der Waals surface area contributed by atoms with Gasteiger partial charge in [-0.1, -0.05) is 46.7 Å². The fourth-order valence-electron chi connectivity index (χ4n) is 2.05. The summed E-state index contributed by atoms with van der Waals surface area (Å²) in [6, 6.07) is 11.8. The van der Waals surface area contributed by atoms with Crippen LogP contribution in [0.1, 0.15) is 18.1 Å². The van der Waals surface area contributed by atoms with Gasteiger partial charge >= 0.3 is 0 Å². The quantitative estimate of drug-likeness (QED) is 0.207. The summed E-state index contributed by atoms with van der Waals surface area (Å²) in [5, 5.41) is 26.6. The van der Waals surface area contributed by atoms with Gasteiger partial charge in [-0.25, -0.2) is 4.99 Å². The molecule has 0 aliphatic heterocycles. The van der Waals surface area contributed by atoms with E-state index in [0.29, 0.717) is 10.9 Å². The smallest absolute Gasteiger partial charge is 0.275 e. The number of rotatable bonds is 5. The van der Waals surface area contributed by atoms with E-state index in [1.54, 1.807) is 19.4 Å². The highest BCUT2D eigenvalue weighted by molar-refractivity contribution is 8.13. The van der Waals surface area contributed by atoms with Crippen molar-refractivity contribution < 1.29 is 9.76 Å². The van der Waals surface area contributed by atoms with E-state index in [4.69, 9.17) is 10.1 Å². The van der Waals surface area contributed by atoms with Crippen molar-refractivity contribution in [2.45, 2.75) is 13.8 Å². The Hall–Kier alpha value is -3.38. The highest BCUT2D eigenvalue weighted by Crippen LogP contribution is 2.28. The molecule has 0 saturated carbocycles. The number of benzene rings is 2. The average molecular weight is 383 g/mol. The van der Waals surface area contributed by atoms with Crippen LogP contribution in [0.4, 0.5) is 11.4 Å². The number of amidine groups is 1. The van der Waals surface area contributed by atoms with Crippen molar-refractivity contribution in [2.24, 2.45) is 10.1 Å². The number of nitrogens with zero attached hydrogens (tertiary/aromatic N) is 4. The molecule has 0 atom stereocenters. The van der Waals surface area contributed by atoms with Crippen LogP contribution in [0, 0.1) is 28.5 Å². The van der Waals surface area contributed by atoms with E-state index in [1.807, 2.05) is 31.2 Å². The number of nitriles is 1. The van der Waals surface area contributed by atoms with Crippen molar-refractivity contribution >= 4 is 34.0 Å². The van der Waals surface area contributed by atoms with Crippen molar-refractivity contribution in [3.8, 4) is 11.9 Å². The zero-order chi connectivity index (χ0) is 19.8. The molecule has 138 valence electrons. The van der Waals surface area contributed by atoms with Crippen molar-refractivity contribution in [2.75, 3.05) is 6.26 Å². The Balaban J connectivity index is 2.32. The normalized spacial score (nSPS) is 11.6. The topological polar surface area (TPSA) is 113 Å². The second kappa shape index (κ2) is 9.35. The van der Waals surface area contributed by atoms with Crippen LogP contribution >= 0.6 is 11.8 Å². The molecule has 0 fully saturated rings. The summed E-state index contributed by atoms with van der Waals surface area (Å²) in [4.78, 5) is 20.2. The summed E-state index contributed by atoms with van der Waals surface area (Å²) in [6.07, 6.45) is 3.49. The van der Waals surface area contributed by atoms with Crippen molar-refractivity contribution in [3.63, 3.8) is 0 Å². The number of nitro benzene ring substituents is 1. The lowest BCUT2D eigenvalue weighted by Crippen LogP contribution is -2.12. The van der Waals surface area contributed by atoms with Crippen molar-refractivity contribution in [3.05, 3.63) is 63.7 Å². The average Bonchev–Trinajstić information content (AvgIpc) is 2.66. The van der Waals surface area contributed by atoms with Gasteiger partial charge in [-0.2, -0.15) is 5.26 Å². The highest BCUT2D eigenvalue weighted by atomic mass is 32.2. The van der Waals surface area contributed by atoms with Crippen LogP contribution in [0.3, 0.4) is 0 Å². The van der Waals surface area contributed by atoms with Crippen molar-refractivity contribution in [1.82, 2.24) is 5.32 Å². The minimum Gasteiger partial charge on any atom is -0.356 e. The molecule has 2 aromatic carbocycles. The molecule has 9 heteroatoms. The molecule has 0 amide bonds. The molecule has 0 aliphatic carbocycles. The summed E-state index contributed by atoms with van der Waals surface area (Å²) < 4.78 is 0. The maximum absolute atomic E-state index is 11.2. The lowest BCUT2D eigenvalue weighted by molar-refractivity contribution is -0.384. The Kier molecular flexibility index (Phi) is 6.91. The van der Waals surface area contributed by atoms with Crippen LogP contribution in [-0.4, -0.2) is 22.1 Å². The minimum absolute atomic E-state index is 0.173. The molecule has 0 heterocycles. The van der Waals surface area contributed by atoms with E-state index in [9.17, 15) is 10.1 Å². The largest absolute Gasteiger partial charge is 0.356 e. The van der Waals surface area contributed by atoms with E-state index >= 15 is 0 Å². The molecule has 0 aromatic heterocycles. The molecular weight excluding hydrogens is 366 g/mol. The number of aliphatic imine (C=N–C) groups is 1. The van der Waals surface area contributed by atoms with Gasteiger partial charge in [0.15, 0.2) is 17.1 Å². The third-order valence-corrected chi connectivity index (χ3v) is 4.01. The van der Waals surface area contributed by atoms with Crippen LogP contribution < -0.4 is 10.2 Å². The summed E-state index contributed by atoms with van der Waals surface area (Å²) in [7, 11) is 0. The maximum Gasteiger partial charge on any atom is 0.275 e. The molecule has 0 spiro atoms. The van der Waals surface area contributed by atoms with Crippen LogP contribution in [0.15, 0.2) is 52.6 Å². The van der Waals surface area contributed by atoms with Gasteiger partial charge in [0.1, 0.15) is 0 Å². The number of nitro groups is 1. The third-order valence-electron chi connectivity index (χ3n) is 3.43. The van der Waals surface area contributed by atoms with Crippen LogP contribution in [0.2, 0.25) is 0 Å². The number of thioether (sulfide) groups is 1. The van der Waals surface area contributed by atoms with Crippen molar-refractivity contribution in [1.29, 1.82) is 5.26 Å². The number of nitrogens with one attached hydrogen (secondary N) is 1. The van der Waals surface area contributed by atoms with E-state index in [2.05, 4.69) is 15.5 Å². The fourth-order valence-corrected chi connectivity index (χ4v) is 2.39. The molecule has 0 aliphatic rings. The first-order valence-electron chi connectivity index (χ1n) is 7.79. The summed E-state index contributed by atoms with van der Waals surface area (Å²) in [6.45, 7) is 3.77. The zero-order valence-corrected chi connectivity index (χ0v) is 15.8. The monoisotopic (exact) mass is 383 g/mol. The number of non-ortho nitro benzene ring substituents is 1. The van der Waals surface area contributed by atoms with Gasteiger partial charge in [-0.3, -0.25) is 15.4 Å². The lowest BCUT2D eigenvalue weighted by Gasteiger charge is -2.05. The second-order valence-electron chi connectivity index (χ2n) is 5.43. The van der Waals surface area contributed by atoms with Gasteiger partial charge in [0, 0.05) is 12.1 Å². The van der Waals surface area contributed by atoms with Gasteiger partial charge in [-0.05, 0) is 25.7 Å². The molecule has 2 rings (SSSR count). The first-order valence-corrected chi connectivity index (χ1v) is 9.01. The molecular formula is C18H17N5O3S. The van der Waals surface area contributed by atoms with Crippen LogP contribution in [-0.2, 0) is 0 Å². The Bertz CT molecular complexity index is 933. The maximum atomic E-state index is 11.2. The predicted octanol–water partition coefficient (Wildman–Crippen LogP) is 4.13. The Morgan fingerprint density at radius 1 is 1.30 bits per heavy atom. The van der Waals surface area contributed by atoms with E-state index in [-0.39, 0.29) is 17.1 Å². The molecule has 0 saturated heterocycles. The Morgan fingerprint density at radius 2 is 2.00 bits per heavy atom. The van der Waals surface area contributed by atoms with Gasteiger partial charge < -0.3 is 4.84 Å². The van der Waals surface area contributed by atoms with Crippen LogP contribution in [0.5, 0.6) is 5.75 Å². The highest BCUT2D eigenvalue weighted by Gasteiger charge is 2.12. The second-order valence-corrected chi connectivity index (χ2v) is 6.23. The summed E-state index contributed by atoms with van der Waals surface area (Å²) in [5.41, 5.74) is 2.72. The van der Waals surface area contributed by atoms with Gasteiger partial charge in [0.05, 0.1) is 22.4 Å². The molecule has 1 N–H and O–H groups in total. The van der Waals surface area contributed by atoms with E-state index in [0.717, 1.165) is 11.1 Å². The number of hydrogen-bond donors (Lipinski definition) is 1. The first-order chi connectivity index (χ1) is 12.9. The third kappa shape index (κ3) is 5.83. The summed E-state index contributed by atoms with van der Waals surface area (Å²) >= 11 is 1.20. The Morgan fingerprint density at radius 3 is 2.59 bits per heavy atom. The zero-order valence-electron chi connectivity index (χ0n) is 15.0. The number of oxime groups is 1. The lowest BCUT2D eigenvalue weighted by atomic mass is 10.1. The molecule has 0 bridgehead atoms. The minimum atomic E-state index is -0.543. The standard InChI is InChI=1S/C18H17N5O3S/c1-12-4-6-14(7-5-12)13(2)22-26-17-9-15(8-16(10-17)23(24)25)21-18(27-3)20-11-19/h4-10H,1-3H3,(H,20,21). The first kappa shape index (κ1) is 19.9. The number of hydrogen-bond acceptors (Lipinski definition) is 7. The molecule has 0 unspecified atom stereocenters. The van der Waals surface area contributed by atoms with Gasteiger partial charge in [0.2, 0.25) is 0 Å². The molecule has 2 aromatic rings. The van der Waals surface area contributed by atoms with E-state index < -0.39 is 4.92 Å². The predicted molar refractivity (Wildman–Crippen MR) is 106 cm³/mol. The van der Waals surface area contributed by atoms with Gasteiger partial charge in [0.25, 0.3) is 5.69 Å². The SMILES string of the molecule is CSC(=Nc1cc(ON=C(C)c2ccc(C)cc2)cc([N+](=O)[O-])c1)NC#N. The molecule has 8 nitrogen and oxygen atoms in total. The number of aryl methyl sites for hydroxylation is 1. The fraction of sp³-hybridized carbons (Fsp3) is 0.167.